The molecule has 0 saturated heterocycles. The lowest BCUT2D eigenvalue weighted by atomic mass is 9.95. The molecule has 0 fully saturated rings. The number of esters is 1. The van der Waals surface area contributed by atoms with Crippen molar-refractivity contribution in [1.29, 1.82) is 0 Å². The van der Waals surface area contributed by atoms with Crippen molar-refractivity contribution >= 4 is 39.3 Å². The van der Waals surface area contributed by atoms with Crippen LogP contribution in [0.25, 0.3) is 6.08 Å². The third-order valence-corrected chi connectivity index (χ3v) is 7.47. The maximum absolute atomic E-state index is 13.9. The SMILES string of the molecule is C=CCOc1ccc([C@H]2C(C(=O)OCC)=C(C)N=c3s/c(=C/c4cc(Br)cc(OC)c4O)c(=O)n32)cc1OCC. The molecule has 0 unspecified atom stereocenters. The Morgan fingerprint density at radius 2 is 1.95 bits per heavy atom. The molecule has 2 aromatic carbocycles. The van der Waals surface area contributed by atoms with Crippen LogP contribution in [0.4, 0.5) is 0 Å². The Hall–Kier alpha value is -3.83. The first-order valence-electron chi connectivity index (χ1n) is 12.5. The minimum Gasteiger partial charge on any atom is -0.504 e. The number of fused-ring (bicyclic) bond motifs is 1. The molecule has 1 aliphatic rings. The molecule has 1 atom stereocenters. The van der Waals surface area contributed by atoms with E-state index in [9.17, 15) is 14.7 Å². The van der Waals surface area contributed by atoms with Crippen LogP contribution >= 0.6 is 27.3 Å². The third-order valence-electron chi connectivity index (χ3n) is 6.03. The average Bonchev–Trinajstić information content (AvgIpc) is 3.23. The number of rotatable bonds is 10. The fourth-order valence-electron chi connectivity index (χ4n) is 4.34. The van der Waals surface area contributed by atoms with Crippen molar-refractivity contribution < 1.29 is 28.8 Å². The average molecular weight is 630 g/mol. The van der Waals surface area contributed by atoms with Gasteiger partial charge in [-0.2, -0.15) is 0 Å². The second-order valence-corrected chi connectivity index (χ2v) is 10.5. The Balaban J connectivity index is 1.96. The number of allylic oxidation sites excluding steroid dienone is 1. The lowest BCUT2D eigenvalue weighted by Crippen LogP contribution is -2.40. The van der Waals surface area contributed by atoms with E-state index in [0.29, 0.717) is 48.7 Å². The van der Waals surface area contributed by atoms with Crippen LogP contribution in [0.2, 0.25) is 0 Å². The summed E-state index contributed by atoms with van der Waals surface area (Å²) in [4.78, 5) is 32.1. The van der Waals surface area contributed by atoms with Crippen LogP contribution in [-0.2, 0) is 9.53 Å². The van der Waals surface area contributed by atoms with E-state index in [1.165, 1.54) is 11.7 Å². The van der Waals surface area contributed by atoms with Crippen LogP contribution in [0.15, 0.2) is 68.5 Å². The van der Waals surface area contributed by atoms with Gasteiger partial charge in [0.2, 0.25) is 0 Å². The summed E-state index contributed by atoms with van der Waals surface area (Å²) in [5, 5.41) is 10.7. The smallest absolute Gasteiger partial charge is 0.338 e. The molecule has 11 heteroatoms. The molecule has 0 radical (unpaired) electrons. The first-order valence-corrected chi connectivity index (χ1v) is 14.1. The Kier molecular flexibility index (Phi) is 9.16. The normalized spacial score (nSPS) is 14.8. The number of carbonyl (C=O) groups is 1. The topological polar surface area (TPSA) is 109 Å². The fraction of sp³-hybridized carbons (Fsp3) is 0.276. The number of nitrogens with zero attached hydrogens (tertiary/aromatic N) is 2. The van der Waals surface area contributed by atoms with E-state index in [4.69, 9.17) is 18.9 Å². The largest absolute Gasteiger partial charge is 0.504 e. The zero-order chi connectivity index (χ0) is 29.0. The number of aromatic hydroxyl groups is 1. The summed E-state index contributed by atoms with van der Waals surface area (Å²) in [5.41, 5.74) is 1.30. The lowest BCUT2D eigenvalue weighted by molar-refractivity contribution is -0.139. The van der Waals surface area contributed by atoms with Crippen LogP contribution < -0.4 is 29.1 Å². The molecule has 0 amide bonds. The molecule has 1 aliphatic heterocycles. The number of thiazole rings is 1. The van der Waals surface area contributed by atoms with Crippen LogP contribution in [0.5, 0.6) is 23.0 Å². The number of aromatic nitrogens is 1. The van der Waals surface area contributed by atoms with E-state index in [1.807, 2.05) is 6.92 Å². The molecule has 0 bridgehead atoms. The predicted octanol–water partition coefficient (Wildman–Crippen LogP) is 4.24. The van der Waals surface area contributed by atoms with Gasteiger partial charge in [0.15, 0.2) is 27.8 Å². The molecule has 210 valence electrons. The van der Waals surface area contributed by atoms with Gasteiger partial charge in [0.05, 0.1) is 42.2 Å². The summed E-state index contributed by atoms with van der Waals surface area (Å²) in [5.74, 6) is 0.563. The van der Waals surface area contributed by atoms with Gasteiger partial charge < -0.3 is 24.1 Å². The molecule has 1 N–H and O–H groups in total. The van der Waals surface area contributed by atoms with Crippen molar-refractivity contribution in [3.63, 3.8) is 0 Å². The van der Waals surface area contributed by atoms with Crippen molar-refractivity contribution in [2.75, 3.05) is 26.9 Å². The monoisotopic (exact) mass is 628 g/mol. The molecule has 2 heterocycles. The van der Waals surface area contributed by atoms with Gasteiger partial charge in [0.25, 0.3) is 5.56 Å². The van der Waals surface area contributed by atoms with E-state index in [2.05, 4.69) is 27.5 Å². The van der Waals surface area contributed by atoms with Gasteiger partial charge in [-0.1, -0.05) is 46.0 Å². The lowest BCUT2D eigenvalue weighted by Gasteiger charge is -2.25. The number of methoxy groups -OCH3 is 1. The maximum atomic E-state index is 13.9. The third kappa shape index (κ3) is 5.71. The number of carbonyl (C=O) groups excluding carboxylic acids is 1. The van der Waals surface area contributed by atoms with Crippen LogP contribution in [0.1, 0.15) is 37.9 Å². The molecule has 0 spiro atoms. The minimum absolute atomic E-state index is 0.104. The number of benzene rings is 2. The summed E-state index contributed by atoms with van der Waals surface area (Å²) in [6.45, 7) is 9.81. The first kappa shape index (κ1) is 29.2. The fourth-order valence-corrected chi connectivity index (χ4v) is 5.83. The molecule has 0 aliphatic carbocycles. The first-order chi connectivity index (χ1) is 19.2. The number of phenols is 1. The molecular weight excluding hydrogens is 600 g/mol. The zero-order valence-corrected chi connectivity index (χ0v) is 24.9. The maximum Gasteiger partial charge on any atom is 0.338 e. The molecular formula is C29H29BrN2O7S. The highest BCUT2D eigenvalue weighted by Crippen LogP contribution is 2.37. The Morgan fingerprint density at radius 3 is 2.62 bits per heavy atom. The Bertz CT molecular complexity index is 1670. The summed E-state index contributed by atoms with van der Waals surface area (Å²) in [6.07, 6.45) is 3.20. The van der Waals surface area contributed by atoms with Crippen molar-refractivity contribution in [3.05, 3.63) is 89.5 Å². The molecule has 1 aromatic heterocycles. The van der Waals surface area contributed by atoms with Crippen molar-refractivity contribution in [2.45, 2.75) is 26.8 Å². The quantitative estimate of drug-likeness (QED) is 0.264. The van der Waals surface area contributed by atoms with Crippen LogP contribution in [0.3, 0.4) is 0 Å². The van der Waals surface area contributed by atoms with Crippen molar-refractivity contribution in [3.8, 4) is 23.0 Å². The van der Waals surface area contributed by atoms with E-state index in [-0.39, 0.29) is 35.8 Å². The highest BCUT2D eigenvalue weighted by Gasteiger charge is 2.34. The van der Waals surface area contributed by atoms with E-state index in [0.717, 1.165) is 11.3 Å². The molecule has 9 nitrogen and oxygen atoms in total. The predicted molar refractivity (Wildman–Crippen MR) is 156 cm³/mol. The van der Waals surface area contributed by atoms with Crippen LogP contribution in [-0.4, -0.2) is 42.6 Å². The zero-order valence-electron chi connectivity index (χ0n) is 22.5. The van der Waals surface area contributed by atoms with Crippen LogP contribution in [0, 0.1) is 0 Å². The molecule has 40 heavy (non-hydrogen) atoms. The number of hydrogen-bond acceptors (Lipinski definition) is 9. The summed E-state index contributed by atoms with van der Waals surface area (Å²) in [7, 11) is 1.45. The van der Waals surface area contributed by atoms with E-state index in [1.54, 1.807) is 56.3 Å². The summed E-state index contributed by atoms with van der Waals surface area (Å²) in [6, 6.07) is 7.75. The minimum atomic E-state index is -0.837. The Morgan fingerprint density at radius 1 is 1.18 bits per heavy atom. The summed E-state index contributed by atoms with van der Waals surface area (Å²) < 4.78 is 24.7. The second kappa shape index (κ2) is 12.6. The molecule has 4 rings (SSSR count). The number of phenolic OH excluding ortho intramolecular Hbond substituents is 1. The van der Waals surface area contributed by atoms with Gasteiger partial charge in [-0.15, -0.1) is 0 Å². The number of hydrogen-bond donors (Lipinski definition) is 1. The number of halogens is 1. The number of ether oxygens (including phenoxy) is 4. The highest BCUT2D eigenvalue weighted by molar-refractivity contribution is 9.10. The molecule has 0 saturated carbocycles. The van der Waals surface area contributed by atoms with Gasteiger partial charge in [0, 0.05) is 10.0 Å². The Labute approximate surface area is 243 Å². The summed E-state index contributed by atoms with van der Waals surface area (Å²) >= 11 is 4.56. The van der Waals surface area contributed by atoms with Gasteiger partial charge in [0.1, 0.15) is 6.61 Å². The van der Waals surface area contributed by atoms with Crippen molar-refractivity contribution in [2.24, 2.45) is 4.99 Å². The second-order valence-electron chi connectivity index (χ2n) is 8.59. The standard InChI is InChI=1S/C29H29BrN2O7S/c1-6-11-39-20-10-9-17(13-21(20)37-7-2)25-24(28(35)38-8-3)16(4)31-29-32(25)27(34)23(40-29)14-18-12-19(30)15-22(36-5)26(18)33/h6,9-10,12-15,25,33H,1,7-8,11H2,2-5H3/b23-14+/t25-/m0/s1. The molecule has 3 aromatic rings. The van der Waals surface area contributed by atoms with Gasteiger partial charge in [-0.25, -0.2) is 9.79 Å². The van der Waals surface area contributed by atoms with E-state index >= 15 is 0 Å². The highest BCUT2D eigenvalue weighted by atomic mass is 79.9. The van der Waals surface area contributed by atoms with Gasteiger partial charge >= 0.3 is 5.97 Å². The van der Waals surface area contributed by atoms with Crippen molar-refractivity contribution in [1.82, 2.24) is 4.57 Å². The van der Waals surface area contributed by atoms with E-state index < -0.39 is 12.0 Å². The van der Waals surface area contributed by atoms with Gasteiger partial charge in [-0.05, 0) is 56.7 Å². The van der Waals surface area contributed by atoms with Gasteiger partial charge in [-0.3, -0.25) is 9.36 Å².